The number of allylic oxidation sites excluding steroid dienone is 1. The fraction of sp³-hybridized carbons (Fsp3) is 0.800. The van der Waals surface area contributed by atoms with Crippen LogP contribution < -0.4 is 0 Å². The minimum absolute atomic E-state index is 0.0659. The van der Waals surface area contributed by atoms with Gasteiger partial charge >= 0.3 is 0 Å². The fourth-order valence-electron chi connectivity index (χ4n) is 5.35. The lowest BCUT2D eigenvalue weighted by atomic mass is 9.45. The van der Waals surface area contributed by atoms with E-state index in [0.717, 1.165) is 43.3 Å². The SMILES string of the molecule is C=C1CC[C@@H]2C(C)(C)CCC[C@@]2(C)[C@]1(O)CC/C(C)=C/CO. The van der Waals surface area contributed by atoms with E-state index in [9.17, 15) is 5.11 Å². The van der Waals surface area contributed by atoms with E-state index >= 15 is 0 Å². The third kappa shape index (κ3) is 2.80. The number of fused-ring (bicyclic) bond motifs is 1. The van der Waals surface area contributed by atoms with Crippen LogP contribution in [-0.2, 0) is 0 Å². The van der Waals surface area contributed by atoms with Crippen LogP contribution in [-0.4, -0.2) is 22.4 Å². The first-order chi connectivity index (χ1) is 10.2. The molecule has 0 amide bonds. The van der Waals surface area contributed by atoms with E-state index < -0.39 is 5.60 Å². The zero-order valence-electron chi connectivity index (χ0n) is 14.9. The molecule has 0 aliphatic heterocycles. The predicted molar refractivity (Wildman–Crippen MR) is 92.6 cm³/mol. The average Bonchev–Trinajstić information content (AvgIpc) is 2.42. The first-order valence-electron chi connectivity index (χ1n) is 8.84. The zero-order chi connectivity index (χ0) is 16.6. The first-order valence-corrected chi connectivity index (χ1v) is 8.84. The molecular weight excluding hydrogens is 272 g/mol. The van der Waals surface area contributed by atoms with Crippen LogP contribution in [0.2, 0.25) is 0 Å². The van der Waals surface area contributed by atoms with Gasteiger partial charge in [0, 0.05) is 5.41 Å². The molecule has 2 rings (SSSR count). The van der Waals surface area contributed by atoms with E-state index in [-0.39, 0.29) is 12.0 Å². The summed E-state index contributed by atoms with van der Waals surface area (Å²) >= 11 is 0. The summed E-state index contributed by atoms with van der Waals surface area (Å²) in [6.45, 7) is 13.4. The summed E-state index contributed by atoms with van der Waals surface area (Å²) in [5, 5.41) is 20.7. The topological polar surface area (TPSA) is 40.5 Å². The lowest BCUT2D eigenvalue weighted by molar-refractivity contribution is -0.157. The first kappa shape index (κ1) is 17.7. The van der Waals surface area contributed by atoms with Crippen LogP contribution in [0.25, 0.3) is 0 Å². The maximum Gasteiger partial charge on any atom is 0.0913 e. The van der Waals surface area contributed by atoms with E-state index in [1.54, 1.807) is 0 Å². The highest BCUT2D eigenvalue weighted by molar-refractivity contribution is 5.26. The van der Waals surface area contributed by atoms with Gasteiger partial charge in [0.25, 0.3) is 0 Å². The van der Waals surface area contributed by atoms with Crippen molar-refractivity contribution in [3.63, 3.8) is 0 Å². The van der Waals surface area contributed by atoms with E-state index in [1.807, 2.05) is 13.0 Å². The highest BCUT2D eigenvalue weighted by Crippen LogP contribution is 2.63. The molecule has 0 aromatic rings. The Morgan fingerprint density at radius 2 is 2.00 bits per heavy atom. The lowest BCUT2D eigenvalue weighted by Gasteiger charge is -2.61. The van der Waals surface area contributed by atoms with Gasteiger partial charge in [0.2, 0.25) is 0 Å². The van der Waals surface area contributed by atoms with Gasteiger partial charge in [-0.1, -0.05) is 45.4 Å². The molecule has 2 aliphatic rings. The van der Waals surface area contributed by atoms with Crippen LogP contribution in [0, 0.1) is 16.7 Å². The van der Waals surface area contributed by atoms with Crippen molar-refractivity contribution in [2.75, 3.05) is 6.61 Å². The highest BCUT2D eigenvalue weighted by atomic mass is 16.3. The minimum atomic E-state index is -0.766. The van der Waals surface area contributed by atoms with Crippen LogP contribution >= 0.6 is 0 Å². The molecule has 22 heavy (non-hydrogen) atoms. The predicted octanol–water partition coefficient (Wildman–Crippen LogP) is 4.62. The Morgan fingerprint density at radius 3 is 2.64 bits per heavy atom. The van der Waals surface area contributed by atoms with Crippen LogP contribution in [0.4, 0.5) is 0 Å². The molecule has 2 nitrogen and oxygen atoms in total. The van der Waals surface area contributed by atoms with Crippen molar-refractivity contribution < 1.29 is 10.2 Å². The molecule has 0 radical (unpaired) electrons. The molecule has 0 bridgehead atoms. The molecule has 0 heterocycles. The molecule has 3 atom stereocenters. The number of hydrogen-bond acceptors (Lipinski definition) is 2. The highest BCUT2D eigenvalue weighted by Gasteiger charge is 2.59. The molecular formula is C20H34O2. The Morgan fingerprint density at radius 1 is 1.32 bits per heavy atom. The molecule has 126 valence electrons. The number of aliphatic hydroxyl groups excluding tert-OH is 1. The van der Waals surface area contributed by atoms with Crippen molar-refractivity contribution >= 4 is 0 Å². The van der Waals surface area contributed by atoms with Crippen molar-refractivity contribution in [2.45, 2.75) is 78.2 Å². The Kier molecular flexibility index (Phi) is 4.94. The summed E-state index contributed by atoms with van der Waals surface area (Å²) in [5.41, 5.74) is 1.66. The van der Waals surface area contributed by atoms with Gasteiger partial charge in [0.05, 0.1) is 12.2 Å². The molecule has 2 N–H and O–H groups in total. The Labute approximate surface area is 136 Å². The second-order valence-electron chi connectivity index (χ2n) is 8.55. The van der Waals surface area contributed by atoms with Crippen LogP contribution in [0.3, 0.4) is 0 Å². The van der Waals surface area contributed by atoms with Gasteiger partial charge in [0.1, 0.15) is 0 Å². The average molecular weight is 306 g/mol. The molecule has 0 aromatic carbocycles. The summed E-state index contributed by atoms with van der Waals surface area (Å²) in [4.78, 5) is 0. The van der Waals surface area contributed by atoms with E-state index in [0.29, 0.717) is 11.3 Å². The van der Waals surface area contributed by atoms with Gasteiger partial charge < -0.3 is 10.2 Å². The standard InChI is InChI=1S/C20H34O2/c1-15(10-14-21)9-13-20(22)16(2)7-8-17-18(3,4)11-6-12-19(17,20)5/h10,17,21-22H,2,6-9,11-14H2,1,3-5H3/b15-10+/t17-,19-,20+/m1/s1. The van der Waals surface area contributed by atoms with E-state index in [2.05, 4.69) is 27.4 Å². The summed E-state index contributed by atoms with van der Waals surface area (Å²) in [6, 6.07) is 0. The summed E-state index contributed by atoms with van der Waals surface area (Å²) in [5.74, 6) is 0.561. The smallest absolute Gasteiger partial charge is 0.0913 e. The fourth-order valence-corrected chi connectivity index (χ4v) is 5.35. The second-order valence-corrected chi connectivity index (χ2v) is 8.55. The van der Waals surface area contributed by atoms with Crippen LogP contribution in [0.1, 0.15) is 72.6 Å². The maximum absolute atomic E-state index is 11.7. The van der Waals surface area contributed by atoms with Crippen LogP contribution in [0.15, 0.2) is 23.8 Å². The summed E-state index contributed by atoms with van der Waals surface area (Å²) in [7, 11) is 0. The zero-order valence-corrected chi connectivity index (χ0v) is 14.9. The van der Waals surface area contributed by atoms with Crippen molar-refractivity contribution in [3.8, 4) is 0 Å². The molecule has 2 fully saturated rings. The van der Waals surface area contributed by atoms with Gasteiger partial charge in [0.15, 0.2) is 0 Å². The minimum Gasteiger partial charge on any atom is -0.392 e. The molecule has 0 unspecified atom stereocenters. The third-order valence-corrected chi connectivity index (χ3v) is 6.82. The van der Waals surface area contributed by atoms with Crippen molar-refractivity contribution in [3.05, 3.63) is 23.8 Å². The molecule has 2 aliphatic carbocycles. The summed E-state index contributed by atoms with van der Waals surface area (Å²) < 4.78 is 0. The number of rotatable bonds is 4. The summed E-state index contributed by atoms with van der Waals surface area (Å²) in [6.07, 6.45) is 9.08. The van der Waals surface area contributed by atoms with Crippen LogP contribution in [0.5, 0.6) is 0 Å². The maximum atomic E-state index is 11.7. The Balaban J connectivity index is 2.30. The quantitative estimate of drug-likeness (QED) is 0.744. The monoisotopic (exact) mass is 306 g/mol. The molecule has 0 spiro atoms. The van der Waals surface area contributed by atoms with E-state index in [4.69, 9.17) is 5.11 Å². The third-order valence-electron chi connectivity index (χ3n) is 6.82. The van der Waals surface area contributed by atoms with Gasteiger partial charge in [-0.25, -0.2) is 0 Å². The normalized spacial score (nSPS) is 38.7. The molecule has 0 saturated heterocycles. The Hall–Kier alpha value is -0.600. The van der Waals surface area contributed by atoms with Gasteiger partial charge in [-0.15, -0.1) is 0 Å². The van der Waals surface area contributed by atoms with Gasteiger partial charge in [-0.2, -0.15) is 0 Å². The van der Waals surface area contributed by atoms with Crippen molar-refractivity contribution in [2.24, 2.45) is 16.7 Å². The van der Waals surface area contributed by atoms with Gasteiger partial charge in [-0.3, -0.25) is 0 Å². The number of aliphatic hydroxyl groups is 2. The molecule has 0 aromatic heterocycles. The second kappa shape index (κ2) is 6.13. The van der Waals surface area contributed by atoms with Gasteiger partial charge in [-0.05, 0) is 62.4 Å². The largest absolute Gasteiger partial charge is 0.392 e. The molecule has 2 heteroatoms. The van der Waals surface area contributed by atoms with Crippen molar-refractivity contribution in [1.82, 2.24) is 0 Å². The van der Waals surface area contributed by atoms with E-state index in [1.165, 1.54) is 12.8 Å². The lowest BCUT2D eigenvalue weighted by Crippen LogP contribution is -2.59. The molecule has 2 saturated carbocycles. The number of hydrogen-bond donors (Lipinski definition) is 2. The van der Waals surface area contributed by atoms with Crippen molar-refractivity contribution in [1.29, 1.82) is 0 Å². The Bertz CT molecular complexity index is 462.